The molecule has 15 heavy (non-hydrogen) atoms. The minimum absolute atomic E-state index is 0.413. The SMILES string of the molecule is CC(C)(Cc1cccc(CF)c1)C(=O)O. The third kappa shape index (κ3) is 3.05. The molecule has 0 amide bonds. The molecule has 0 saturated heterocycles. The highest BCUT2D eigenvalue weighted by molar-refractivity contribution is 5.74. The van der Waals surface area contributed by atoms with E-state index in [0.717, 1.165) is 5.56 Å². The van der Waals surface area contributed by atoms with Gasteiger partial charge in [0.05, 0.1) is 5.41 Å². The molecule has 0 aromatic heterocycles. The van der Waals surface area contributed by atoms with E-state index in [9.17, 15) is 9.18 Å². The zero-order valence-electron chi connectivity index (χ0n) is 8.96. The second kappa shape index (κ2) is 4.43. The summed E-state index contributed by atoms with van der Waals surface area (Å²) in [5.41, 5.74) is 0.640. The first-order valence-corrected chi connectivity index (χ1v) is 4.83. The quantitative estimate of drug-likeness (QED) is 0.829. The minimum atomic E-state index is -0.840. The Labute approximate surface area is 88.7 Å². The first-order chi connectivity index (χ1) is 6.95. The van der Waals surface area contributed by atoms with E-state index in [4.69, 9.17) is 5.11 Å². The number of carboxylic acids is 1. The Morgan fingerprint density at radius 1 is 1.40 bits per heavy atom. The highest BCUT2D eigenvalue weighted by Gasteiger charge is 2.27. The Kier molecular flexibility index (Phi) is 3.45. The van der Waals surface area contributed by atoms with Crippen molar-refractivity contribution in [3.8, 4) is 0 Å². The molecule has 0 heterocycles. The van der Waals surface area contributed by atoms with Gasteiger partial charge in [-0.1, -0.05) is 24.3 Å². The topological polar surface area (TPSA) is 37.3 Å². The van der Waals surface area contributed by atoms with Gasteiger partial charge in [-0.05, 0) is 31.4 Å². The molecule has 0 aliphatic carbocycles. The van der Waals surface area contributed by atoms with Gasteiger partial charge in [0.1, 0.15) is 6.67 Å². The van der Waals surface area contributed by atoms with Crippen LogP contribution in [0.3, 0.4) is 0 Å². The van der Waals surface area contributed by atoms with Crippen LogP contribution in [0.5, 0.6) is 0 Å². The number of aliphatic carboxylic acids is 1. The first kappa shape index (κ1) is 11.7. The van der Waals surface area contributed by atoms with E-state index in [0.29, 0.717) is 12.0 Å². The predicted molar refractivity (Wildman–Crippen MR) is 56.4 cm³/mol. The molecule has 0 unspecified atom stereocenters. The predicted octanol–water partition coefficient (Wildman–Crippen LogP) is 2.81. The van der Waals surface area contributed by atoms with Gasteiger partial charge < -0.3 is 5.11 Å². The van der Waals surface area contributed by atoms with Crippen LogP contribution in [0.2, 0.25) is 0 Å². The molecule has 3 heteroatoms. The molecule has 0 saturated carbocycles. The van der Waals surface area contributed by atoms with Gasteiger partial charge in [0.2, 0.25) is 0 Å². The number of carbonyl (C=O) groups is 1. The van der Waals surface area contributed by atoms with E-state index < -0.39 is 18.1 Å². The van der Waals surface area contributed by atoms with Crippen molar-refractivity contribution in [2.45, 2.75) is 26.9 Å². The minimum Gasteiger partial charge on any atom is -0.481 e. The molecule has 0 bridgehead atoms. The van der Waals surface area contributed by atoms with E-state index in [-0.39, 0.29) is 0 Å². The fourth-order valence-corrected chi connectivity index (χ4v) is 1.41. The van der Waals surface area contributed by atoms with E-state index in [1.54, 1.807) is 32.0 Å². The van der Waals surface area contributed by atoms with Crippen LogP contribution in [0, 0.1) is 5.41 Å². The van der Waals surface area contributed by atoms with Crippen molar-refractivity contribution in [2.24, 2.45) is 5.41 Å². The molecule has 0 atom stereocenters. The molecule has 0 fully saturated rings. The summed E-state index contributed by atoms with van der Waals surface area (Å²) in [5, 5.41) is 8.95. The molecule has 0 aliphatic rings. The number of alkyl halides is 1. The zero-order valence-corrected chi connectivity index (χ0v) is 8.96. The lowest BCUT2D eigenvalue weighted by molar-refractivity contribution is -0.146. The highest BCUT2D eigenvalue weighted by Crippen LogP contribution is 2.22. The summed E-state index contributed by atoms with van der Waals surface area (Å²) in [6.45, 7) is 2.82. The van der Waals surface area contributed by atoms with Crippen LogP contribution in [0.1, 0.15) is 25.0 Å². The van der Waals surface area contributed by atoms with Gasteiger partial charge in [0.15, 0.2) is 0 Å². The van der Waals surface area contributed by atoms with Crippen LogP contribution < -0.4 is 0 Å². The van der Waals surface area contributed by atoms with E-state index in [1.807, 2.05) is 6.07 Å². The second-order valence-electron chi connectivity index (χ2n) is 4.32. The van der Waals surface area contributed by atoms with Crippen LogP contribution in [0.15, 0.2) is 24.3 Å². The average molecular weight is 210 g/mol. The molecule has 0 aliphatic heterocycles. The molecular weight excluding hydrogens is 195 g/mol. The molecule has 1 aromatic rings. The second-order valence-corrected chi connectivity index (χ2v) is 4.32. The maximum atomic E-state index is 12.4. The van der Waals surface area contributed by atoms with Crippen LogP contribution in [-0.2, 0) is 17.9 Å². The summed E-state index contributed by atoms with van der Waals surface area (Å²) in [7, 11) is 0. The third-order valence-corrected chi connectivity index (χ3v) is 2.37. The number of benzene rings is 1. The van der Waals surface area contributed by atoms with E-state index in [2.05, 4.69) is 0 Å². The van der Waals surface area contributed by atoms with Crippen molar-refractivity contribution < 1.29 is 14.3 Å². The lowest BCUT2D eigenvalue weighted by atomic mass is 9.85. The maximum absolute atomic E-state index is 12.4. The summed E-state index contributed by atoms with van der Waals surface area (Å²) in [5.74, 6) is -0.840. The smallest absolute Gasteiger partial charge is 0.309 e. The molecule has 0 spiro atoms. The molecule has 2 nitrogen and oxygen atoms in total. The van der Waals surface area contributed by atoms with Gasteiger partial charge in [-0.2, -0.15) is 0 Å². The van der Waals surface area contributed by atoms with Gasteiger partial charge in [-0.3, -0.25) is 4.79 Å². The van der Waals surface area contributed by atoms with Crippen LogP contribution in [0.25, 0.3) is 0 Å². The van der Waals surface area contributed by atoms with Crippen molar-refractivity contribution in [3.63, 3.8) is 0 Å². The number of hydrogen-bond donors (Lipinski definition) is 1. The Bertz CT molecular complexity index is 358. The summed E-state index contributed by atoms with van der Waals surface area (Å²) >= 11 is 0. The van der Waals surface area contributed by atoms with Crippen LogP contribution >= 0.6 is 0 Å². The third-order valence-electron chi connectivity index (χ3n) is 2.37. The molecular formula is C12H15FO2. The first-order valence-electron chi connectivity index (χ1n) is 4.83. The molecule has 0 radical (unpaired) electrons. The fraction of sp³-hybridized carbons (Fsp3) is 0.417. The van der Waals surface area contributed by atoms with Gasteiger partial charge >= 0.3 is 5.97 Å². The van der Waals surface area contributed by atoms with Crippen molar-refractivity contribution in [3.05, 3.63) is 35.4 Å². The molecule has 82 valence electrons. The lowest BCUT2D eigenvalue weighted by Gasteiger charge is -2.19. The monoisotopic (exact) mass is 210 g/mol. The van der Waals surface area contributed by atoms with Gasteiger partial charge in [0, 0.05) is 0 Å². The summed E-state index contributed by atoms with van der Waals surface area (Å²) in [6, 6.07) is 6.98. The van der Waals surface area contributed by atoms with Gasteiger partial charge in [-0.15, -0.1) is 0 Å². The Morgan fingerprint density at radius 2 is 2.00 bits per heavy atom. The fourth-order valence-electron chi connectivity index (χ4n) is 1.41. The van der Waals surface area contributed by atoms with Crippen LogP contribution in [-0.4, -0.2) is 11.1 Å². The maximum Gasteiger partial charge on any atom is 0.309 e. The van der Waals surface area contributed by atoms with Crippen molar-refractivity contribution in [2.75, 3.05) is 0 Å². The van der Waals surface area contributed by atoms with E-state index in [1.165, 1.54) is 0 Å². The number of carboxylic acid groups (broad SMARTS) is 1. The van der Waals surface area contributed by atoms with Crippen molar-refractivity contribution in [1.82, 2.24) is 0 Å². The number of hydrogen-bond acceptors (Lipinski definition) is 1. The highest BCUT2D eigenvalue weighted by atomic mass is 19.1. The lowest BCUT2D eigenvalue weighted by Crippen LogP contribution is -2.26. The standard InChI is InChI=1S/C12H15FO2/c1-12(2,11(14)15)7-9-4-3-5-10(6-9)8-13/h3-6H,7-8H2,1-2H3,(H,14,15). The van der Waals surface area contributed by atoms with Crippen molar-refractivity contribution >= 4 is 5.97 Å². The average Bonchev–Trinajstić information content (AvgIpc) is 2.17. The molecule has 1 rings (SSSR count). The van der Waals surface area contributed by atoms with Crippen LogP contribution in [0.4, 0.5) is 4.39 Å². The number of halogens is 1. The van der Waals surface area contributed by atoms with Gasteiger partial charge in [-0.25, -0.2) is 4.39 Å². The normalized spacial score (nSPS) is 11.4. The van der Waals surface area contributed by atoms with Crippen molar-refractivity contribution in [1.29, 1.82) is 0 Å². The number of rotatable bonds is 4. The molecule has 1 N–H and O–H groups in total. The Balaban J connectivity index is 2.85. The Hall–Kier alpha value is -1.38. The van der Waals surface area contributed by atoms with Gasteiger partial charge in [0.25, 0.3) is 0 Å². The van der Waals surface area contributed by atoms with E-state index >= 15 is 0 Å². The zero-order chi connectivity index (χ0) is 11.5. The summed E-state index contributed by atoms with van der Waals surface area (Å²) in [6.07, 6.45) is 0.413. The summed E-state index contributed by atoms with van der Waals surface area (Å²) in [4.78, 5) is 10.9. The summed E-state index contributed by atoms with van der Waals surface area (Å²) < 4.78 is 12.4. The molecule has 1 aromatic carbocycles. The largest absolute Gasteiger partial charge is 0.481 e. The Morgan fingerprint density at radius 3 is 2.53 bits per heavy atom.